The first-order valence-electron chi connectivity index (χ1n) is 7.05. The van der Waals surface area contributed by atoms with E-state index in [1.54, 1.807) is 30.4 Å². The molecule has 0 bridgehead atoms. The van der Waals surface area contributed by atoms with E-state index in [1.807, 2.05) is 0 Å². The van der Waals surface area contributed by atoms with Crippen LogP contribution < -0.4 is 4.72 Å². The molecule has 0 spiro atoms. The number of hydrogen-bond donors (Lipinski definition) is 1. The number of nitrogens with one attached hydrogen (secondary N) is 1. The van der Waals surface area contributed by atoms with Crippen LogP contribution in [0.5, 0.6) is 0 Å². The number of allylic oxidation sites excluding steroid dienone is 2. The maximum atomic E-state index is 12.5. The molecule has 0 unspecified atom stereocenters. The molecule has 7 heteroatoms. The van der Waals surface area contributed by atoms with Crippen molar-refractivity contribution < 1.29 is 13.3 Å². The van der Waals surface area contributed by atoms with Gasteiger partial charge in [0.2, 0.25) is 10.0 Å². The van der Waals surface area contributed by atoms with Gasteiger partial charge in [0.25, 0.3) is 5.69 Å². The van der Waals surface area contributed by atoms with Gasteiger partial charge in [-0.3, -0.25) is 10.1 Å². The highest BCUT2D eigenvalue weighted by atomic mass is 32.2. The van der Waals surface area contributed by atoms with Gasteiger partial charge in [-0.05, 0) is 17.7 Å². The largest absolute Gasteiger partial charge is 0.269 e. The van der Waals surface area contributed by atoms with Crippen molar-refractivity contribution in [3.8, 4) is 0 Å². The van der Waals surface area contributed by atoms with Crippen LogP contribution in [0.4, 0.5) is 5.69 Å². The highest BCUT2D eigenvalue weighted by molar-refractivity contribution is 7.89. The molecule has 0 aliphatic carbocycles. The Labute approximate surface area is 140 Å². The van der Waals surface area contributed by atoms with E-state index in [4.69, 9.17) is 0 Å². The predicted molar refractivity (Wildman–Crippen MR) is 91.9 cm³/mol. The zero-order valence-corrected chi connectivity index (χ0v) is 13.5. The predicted octanol–water partition coefficient (Wildman–Crippen LogP) is 3.36. The Kier molecular flexibility index (Phi) is 5.62. The summed E-state index contributed by atoms with van der Waals surface area (Å²) in [6.07, 6.45) is 4.75. The van der Waals surface area contributed by atoms with Gasteiger partial charge in [-0.25, -0.2) is 8.42 Å². The summed E-state index contributed by atoms with van der Waals surface area (Å²) >= 11 is 0. The summed E-state index contributed by atoms with van der Waals surface area (Å²) in [6.45, 7) is 3.56. The lowest BCUT2D eigenvalue weighted by atomic mass is 10.1. The summed E-state index contributed by atoms with van der Waals surface area (Å²) in [4.78, 5) is 10.4. The molecule has 6 nitrogen and oxygen atoms in total. The van der Waals surface area contributed by atoms with Crippen molar-refractivity contribution in [2.75, 3.05) is 0 Å². The van der Waals surface area contributed by atoms with E-state index in [0.29, 0.717) is 5.56 Å². The minimum absolute atomic E-state index is 0.0592. The third kappa shape index (κ3) is 4.37. The molecule has 0 aliphatic heterocycles. The zero-order valence-electron chi connectivity index (χ0n) is 12.7. The molecule has 0 saturated carbocycles. The summed E-state index contributed by atoms with van der Waals surface area (Å²) in [7, 11) is -3.73. The lowest BCUT2D eigenvalue weighted by Gasteiger charge is -2.16. The van der Waals surface area contributed by atoms with Crippen molar-refractivity contribution in [3.05, 3.63) is 95.1 Å². The molecule has 124 valence electrons. The van der Waals surface area contributed by atoms with E-state index in [9.17, 15) is 18.5 Å². The van der Waals surface area contributed by atoms with Gasteiger partial charge < -0.3 is 0 Å². The monoisotopic (exact) mass is 344 g/mol. The fourth-order valence-electron chi connectivity index (χ4n) is 2.05. The third-order valence-corrected chi connectivity index (χ3v) is 4.70. The number of benzene rings is 2. The Morgan fingerprint density at radius 1 is 1.08 bits per heavy atom. The number of nitro benzene ring substituents is 1. The Bertz CT molecular complexity index is 844. The third-order valence-electron chi connectivity index (χ3n) is 3.24. The van der Waals surface area contributed by atoms with Crippen LogP contribution in [-0.4, -0.2) is 13.3 Å². The van der Waals surface area contributed by atoms with Gasteiger partial charge in [-0.2, -0.15) is 4.72 Å². The standard InChI is InChI=1S/C17H16N2O4S/c1-2-3-9-17(14-10-12-15(13-11-14)19(20)21)18-24(22,23)16-7-5-4-6-8-16/h2-13,17-18H,1H2/b9-3-/t17-/m0/s1. The molecule has 0 aromatic heterocycles. The quantitative estimate of drug-likeness (QED) is 0.474. The highest BCUT2D eigenvalue weighted by Gasteiger charge is 2.20. The molecule has 2 aromatic rings. The van der Waals surface area contributed by atoms with Gasteiger partial charge >= 0.3 is 0 Å². The van der Waals surface area contributed by atoms with Crippen LogP contribution in [0.1, 0.15) is 11.6 Å². The molecule has 0 saturated heterocycles. The van der Waals surface area contributed by atoms with E-state index in [2.05, 4.69) is 11.3 Å². The lowest BCUT2D eigenvalue weighted by Crippen LogP contribution is -2.27. The minimum Gasteiger partial charge on any atom is -0.258 e. The normalized spacial score (nSPS) is 12.8. The van der Waals surface area contributed by atoms with Gasteiger partial charge in [-0.1, -0.05) is 55.1 Å². The molecule has 2 rings (SSSR count). The summed E-state index contributed by atoms with van der Waals surface area (Å²) in [6, 6.07) is 13.0. The smallest absolute Gasteiger partial charge is 0.258 e. The molecule has 24 heavy (non-hydrogen) atoms. The second-order valence-corrected chi connectivity index (χ2v) is 6.60. The first kappa shape index (κ1) is 17.6. The van der Waals surface area contributed by atoms with Gasteiger partial charge in [0.05, 0.1) is 15.9 Å². The molecular formula is C17H16N2O4S. The number of nitrogens with zero attached hydrogens (tertiary/aromatic N) is 1. The molecule has 0 heterocycles. The fraction of sp³-hybridized carbons (Fsp3) is 0.0588. The molecule has 1 atom stereocenters. The van der Waals surface area contributed by atoms with Crippen LogP contribution in [0.2, 0.25) is 0 Å². The topological polar surface area (TPSA) is 89.3 Å². The highest BCUT2D eigenvalue weighted by Crippen LogP contribution is 2.21. The lowest BCUT2D eigenvalue weighted by molar-refractivity contribution is -0.384. The maximum Gasteiger partial charge on any atom is 0.269 e. The van der Waals surface area contributed by atoms with E-state index >= 15 is 0 Å². The van der Waals surface area contributed by atoms with E-state index in [-0.39, 0.29) is 10.6 Å². The molecule has 0 fully saturated rings. The molecule has 0 amide bonds. The molecule has 0 aliphatic rings. The first-order valence-corrected chi connectivity index (χ1v) is 8.53. The van der Waals surface area contributed by atoms with E-state index in [1.165, 1.54) is 42.5 Å². The van der Waals surface area contributed by atoms with Crippen molar-refractivity contribution in [2.24, 2.45) is 0 Å². The van der Waals surface area contributed by atoms with Crippen molar-refractivity contribution in [1.29, 1.82) is 0 Å². The maximum absolute atomic E-state index is 12.5. The second kappa shape index (κ2) is 7.67. The van der Waals surface area contributed by atoms with Crippen LogP contribution in [0.3, 0.4) is 0 Å². The minimum atomic E-state index is -3.73. The average Bonchev–Trinajstić information content (AvgIpc) is 2.59. The Morgan fingerprint density at radius 2 is 1.71 bits per heavy atom. The molecule has 2 aromatic carbocycles. The first-order chi connectivity index (χ1) is 11.4. The van der Waals surface area contributed by atoms with Crippen molar-refractivity contribution in [1.82, 2.24) is 4.72 Å². The number of hydrogen-bond acceptors (Lipinski definition) is 4. The second-order valence-electron chi connectivity index (χ2n) is 4.88. The van der Waals surface area contributed by atoms with Gasteiger partial charge in [0, 0.05) is 12.1 Å². The zero-order chi connectivity index (χ0) is 17.6. The fourth-order valence-corrected chi connectivity index (χ4v) is 3.25. The molecule has 1 N–H and O–H groups in total. The summed E-state index contributed by atoms with van der Waals surface area (Å²) in [5.74, 6) is 0. The Balaban J connectivity index is 2.33. The number of non-ortho nitro benzene ring substituents is 1. The number of sulfonamides is 1. The van der Waals surface area contributed by atoms with Gasteiger partial charge in [0.1, 0.15) is 0 Å². The Morgan fingerprint density at radius 3 is 2.25 bits per heavy atom. The van der Waals surface area contributed by atoms with Crippen LogP contribution >= 0.6 is 0 Å². The number of nitro groups is 1. The van der Waals surface area contributed by atoms with E-state index < -0.39 is 21.0 Å². The molecular weight excluding hydrogens is 328 g/mol. The van der Waals surface area contributed by atoms with Gasteiger partial charge in [0.15, 0.2) is 0 Å². The summed E-state index contributed by atoms with van der Waals surface area (Å²) in [5.41, 5.74) is 0.523. The van der Waals surface area contributed by atoms with Crippen molar-refractivity contribution in [3.63, 3.8) is 0 Å². The average molecular weight is 344 g/mol. The van der Waals surface area contributed by atoms with Crippen LogP contribution in [0, 0.1) is 10.1 Å². The van der Waals surface area contributed by atoms with Crippen LogP contribution in [0.15, 0.2) is 84.3 Å². The SMILES string of the molecule is C=C/C=C\[C@H](NS(=O)(=O)c1ccccc1)c1ccc([N+](=O)[O-])cc1. The number of rotatable bonds is 7. The van der Waals surface area contributed by atoms with Crippen LogP contribution in [0.25, 0.3) is 0 Å². The Hall–Kier alpha value is -2.77. The van der Waals surface area contributed by atoms with Gasteiger partial charge in [-0.15, -0.1) is 0 Å². The molecule has 0 radical (unpaired) electrons. The van der Waals surface area contributed by atoms with Crippen LogP contribution in [-0.2, 0) is 10.0 Å². The van der Waals surface area contributed by atoms with Crippen molar-refractivity contribution >= 4 is 15.7 Å². The summed E-state index contributed by atoms with van der Waals surface area (Å²) in [5, 5.41) is 10.7. The van der Waals surface area contributed by atoms with E-state index in [0.717, 1.165) is 0 Å². The summed E-state index contributed by atoms with van der Waals surface area (Å²) < 4.78 is 27.5. The van der Waals surface area contributed by atoms with Crippen molar-refractivity contribution in [2.45, 2.75) is 10.9 Å².